The molecule has 5 nitrogen and oxygen atoms in total. The molecule has 0 aromatic carbocycles. The summed E-state index contributed by atoms with van der Waals surface area (Å²) >= 11 is 1.64. The lowest BCUT2D eigenvalue weighted by molar-refractivity contribution is -0.181. The van der Waals surface area contributed by atoms with Gasteiger partial charge in [0.15, 0.2) is 5.96 Å². The van der Waals surface area contributed by atoms with Gasteiger partial charge in [0.1, 0.15) is 6.04 Å². The summed E-state index contributed by atoms with van der Waals surface area (Å²) in [4.78, 5) is 12.8. The second-order valence-corrected chi connectivity index (χ2v) is 8.66. The number of aromatic nitrogens is 1. The number of alkyl halides is 3. The Morgan fingerprint density at radius 2 is 1.86 bits per heavy atom. The molecule has 1 atom stereocenters. The van der Waals surface area contributed by atoms with Crippen LogP contribution < -0.4 is 5.32 Å². The average molecular weight is 533 g/mol. The van der Waals surface area contributed by atoms with Crippen LogP contribution in [-0.2, 0) is 12.0 Å². The standard InChI is InChI=1S/C18H30F3N5S.HI/c1-6-22-16(23-11-14-12-27-15(24-14)17(3,4)5)26-9-7-25(8-10-26)13(2)18(19,20)21;/h12-13H,6-11H2,1-5H3,(H,22,23);1H. The van der Waals surface area contributed by atoms with Gasteiger partial charge in [-0.25, -0.2) is 9.98 Å². The van der Waals surface area contributed by atoms with Crippen molar-refractivity contribution in [3.63, 3.8) is 0 Å². The van der Waals surface area contributed by atoms with Crippen molar-refractivity contribution in [2.24, 2.45) is 4.99 Å². The van der Waals surface area contributed by atoms with Gasteiger partial charge in [-0.3, -0.25) is 4.90 Å². The molecule has 1 N–H and O–H groups in total. The molecule has 1 fully saturated rings. The van der Waals surface area contributed by atoms with Crippen molar-refractivity contribution in [3.8, 4) is 0 Å². The zero-order valence-corrected chi connectivity index (χ0v) is 20.3. The number of halogens is 4. The van der Waals surface area contributed by atoms with Gasteiger partial charge >= 0.3 is 6.18 Å². The van der Waals surface area contributed by atoms with E-state index in [4.69, 9.17) is 0 Å². The first kappa shape index (κ1) is 25.4. The van der Waals surface area contributed by atoms with Crippen LogP contribution in [0.15, 0.2) is 10.4 Å². The number of thiazole rings is 1. The van der Waals surface area contributed by atoms with E-state index in [2.05, 4.69) is 36.1 Å². The van der Waals surface area contributed by atoms with Gasteiger partial charge < -0.3 is 10.2 Å². The molecule has 1 aromatic rings. The summed E-state index contributed by atoms with van der Waals surface area (Å²) in [5.41, 5.74) is 0.937. The Hall–Kier alpha value is -0.620. The predicted molar refractivity (Wildman–Crippen MR) is 120 cm³/mol. The quantitative estimate of drug-likeness (QED) is 0.360. The Morgan fingerprint density at radius 3 is 2.32 bits per heavy atom. The van der Waals surface area contributed by atoms with E-state index in [0.29, 0.717) is 39.3 Å². The van der Waals surface area contributed by atoms with Crippen LogP contribution in [0.2, 0.25) is 0 Å². The van der Waals surface area contributed by atoms with Gasteiger partial charge in [-0.2, -0.15) is 13.2 Å². The molecular formula is C18H31F3IN5S. The first-order valence-electron chi connectivity index (χ1n) is 9.31. The van der Waals surface area contributed by atoms with Crippen LogP contribution in [0.1, 0.15) is 45.3 Å². The molecular weight excluding hydrogens is 502 g/mol. The number of rotatable bonds is 4. The van der Waals surface area contributed by atoms with Crippen LogP contribution in [0, 0.1) is 0 Å². The molecule has 1 aliphatic rings. The molecule has 1 aromatic heterocycles. The number of hydrogen-bond donors (Lipinski definition) is 1. The predicted octanol–water partition coefficient (Wildman–Crippen LogP) is 4.09. The van der Waals surface area contributed by atoms with Gasteiger partial charge in [-0.05, 0) is 13.8 Å². The zero-order valence-electron chi connectivity index (χ0n) is 17.1. The molecule has 0 aliphatic carbocycles. The Bertz CT molecular complexity index is 634. The molecule has 1 saturated heterocycles. The van der Waals surface area contributed by atoms with Crippen LogP contribution in [0.25, 0.3) is 0 Å². The third-order valence-corrected chi connectivity index (χ3v) is 5.87. The van der Waals surface area contributed by atoms with Crippen LogP contribution in [-0.4, -0.2) is 65.7 Å². The van der Waals surface area contributed by atoms with Crippen molar-refractivity contribution >= 4 is 41.3 Å². The lowest BCUT2D eigenvalue weighted by atomic mass is 9.98. The van der Waals surface area contributed by atoms with Gasteiger partial charge in [0.05, 0.1) is 17.2 Å². The molecule has 0 spiro atoms. The highest BCUT2D eigenvalue weighted by Gasteiger charge is 2.41. The van der Waals surface area contributed by atoms with Crippen molar-refractivity contribution < 1.29 is 13.2 Å². The number of nitrogens with one attached hydrogen (secondary N) is 1. The van der Waals surface area contributed by atoms with Crippen molar-refractivity contribution in [1.29, 1.82) is 0 Å². The van der Waals surface area contributed by atoms with Crippen molar-refractivity contribution in [1.82, 2.24) is 20.1 Å². The Kier molecular flexibility index (Phi) is 9.46. The fourth-order valence-electron chi connectivity index (χ4n) is 2.83. The van der Waals surface area contributed by atoms with Crippen LogP contribution in [0.3, 0.4) is 0 Å². The number of nitrogens with zero attached hydrogens (tertiary/aromatic N) is 4. The topological polar surface area (TPSA) is 43.8 Å². The lowest BCUT2D eigenvalue weighted by Gasteiger charge is -2.39. The van der Waals surface area contributed by atoms with Crippen LogP contribution in [0.5, 0.6) is 0 Å². The minimum absolute atomic E-state index is 0. The summed E-state index contributed by atoms with van der Waals surface area (Å²) in [5, 5.41) is 6.35. The van der Waals surface area contributed by atoms with E-state index < -0.39 is 12.2 Å². The monoisotopic (exact) mass is 533 g/mol. The van der Waals surface area contributed by atoms with Gasteiger partial charge in [0.25, 0.3) is 0 Å². The minimum atomic E-state index is -4.18. The normalized spacial score (nSPS) is 18.0. The minimum Gasteiger partial charge on any atom is -0.357 e. The highest BCUT2D eigenvalue weighted by atomic mass is 127. The third kappa shape index (κ3) is 7.01. The van der Waals surface area contributed by atoms with E-state index in [-0.39, 0.29) is 29.4 Å². The summed E-state index contributed by atoms with van der Waals surface area (Å²) in [5.74, 6) is 0.738. The van der Waals surface area contributed by atoms with E-state index in [0.717, 1.165) is 16.7 Å². The molecule has 28 heavy (non-hydrogen) atoms. The van der Waals surface area contributed by atoms with E-state index in [1.54, 1.807) is 11.3 Å². The molecule has 1 unspecified atom stereocenters. The van der Waals surface area contributed by atoms with Crippen LogP contribution >= 0.6 is 35.3 Å². The van der Waals surface area contributed by atoms with Crippen molar-refractivity contribution in [3.05, 3.63) is 16.1 Å². The molecule has 2 rings (SSSR count). The number of aliphatic imine (C=N–C) groups is 1. The Morgan fingerprint density at radius 1 is 1.25 bits per heavy atom. The maximum Gasteiger partial charge on any atom is 0.403 e. The molecule has 162 valence electrons. The van der Waals surface area contributed by atoms with Crippen molar-refractivity contribution in [2.45, 2.75) is 58.8 Å². The number of hydrogen-bond acceptors (Lipinski definition) is 4. The van der Waals surface area contributed by atoms with Gasteiger partial charge in [0.2, 0.25) is 0 Å². The maximum absolute atomic E-state index is 12.9. The number of guanidine groups is 1. The maximum atomic E-state index is 12.9. The largest absolute Gasteiger partial charge is 0.403 e. The Labute approximate surface area is 186 Å². The van der Waals surface area contributed by atoms with E-state index >= 15 is 0 Å². The third-order valence-electron chi connectivity index (χ3n) is 4.55. The SMILES string of the molecule is CCNC(=NCc1csc(C(C)(C)C)n1)N1CCN(C(C)C(F)(F)F)CC1.I. The molecule has 0 radical (unpaired) electrons. The summed E-state index contributed by atoms with van der Waals surface area (Å²) in [6.07, 6.45) is -4.18. The van der Waals surface area contributed by atoms with Gasteiger partial charge in [-0.1, -0.05) is 20.8 Å². The van der Waals surface area contributed by atoms with Gasteiger partial charge in [0, 0.05) is 43.5 Å². The van der Waals surface area contributed by atoms with Crippen LogP contribution in [0.4, 0.5) is 13.2 Å². The smallest absolute Gasteiger partial charge is 0.357 e. The Balaban J connectivity index is 0.00000392. The summed E-state index contributed by atoms with van der Waals surface area (Å²) < 4.78 is 38.7. The second kappa shape index (κ2) is 10.4. The fourth-order valence-corrected chi connectivity index (χ4v) is 3.73. The molecule has 0 saturated carbocycles. The highest BCUT2D eigenvalue weighted by Crippen LogP contribution is 2.26. The zero-order chi connectivity index (χ0) is 20.2. The molecule has 0 bridgehead atoms. The summed E-state index contributed by atoms with van der Waals surface area (Å²) in [6.45, 7) is 12.6. The molecule has 2 heterocycles. The molecule has 10 heteroatoms. The second-order valence-electron chi connectivity index (χ2n) is 7.80. The molecule has 0 amide bonds. The van der Waals surface area contributed by atoms with Gasteiger partial charge in [-0.15, -0.1) is 35.3 Å². The summed E-state index contributed by atoms with van der Waals surface area (Å²) in [6, 6.07) is -1.41. The molecule has 1 aliphatic heterocycles. The number of piperazine rings is 1. The van der Waals surface area contributed by atoms with Crippen molar-refractivity contribution in [2.75, 3.05) is 32.7 Å². The average Bonchev–Trinajstić information content (AvgIpc) is 3.07. The lowest BCUT2D eigenvalue weighted by Crippen LogP contribution is -2.56. The van der Waals surface area contributed by atoms with E-state index in [1.807, 2.05) is 17.2 Å². The fraction of sp³-hybridized carbons (Fsp3) is 0.778. The first-order valence-corrected chi connectivity index (χ1v) is 10.2. The highest BCUT2D eigenvalue weighted by molar-refractivity contribution is 14.0. The van der Waals surface area contributed by atoms with E-state index in [9.17, 15) is 13.2 Å². The van der Waals surface area contributed by atoms with E-state index in [1.165, 1.54) is 11.8 Å². The first-order chi connectivity index (χ1) is 12.5. The summed E-state index contributed by atoms with van der Waals surface area (Å²) in [7, 11) is 0.